The Morgan fingerprint density at radius 1 is 1.05 bits per heavy atom. The predicted octanol–water partition coefficient (Wildman–Crippen LogP) is 2.52. The van der Waals surface area contributed by atoms with Gasteiger partial charge < -0.3 is 9.84 Å². The van der Waals surface area contributed by atoms with Gasteiger partial charge in [0.2, 0.25) is 0 Å². The molecule has 2 aromatic heterocycles. The standard InChI is InChI=1S/C14H9N3O3/c18-13(19)10-7-16-14(17-8-10)20-11-5-1-3-9-4-2-6-15-12(9)11/h1-8H,(H,18,19). The van der Waals surface area contributed by atoms with E-state index < -0.39 is 5.97 Å². The highest BCUT2D eigenvalue weighted by Gasteiger charge is 2.08. The molecule has 0 aliphatic carbocycles. The van der Waals surface area contributed by atoms with Crippen LogP contribution >= 0.6 is 0 Å². The van der Waals surface area contributed by atoms with Crippen molar-refractivity contribution in [1.82, 2.24) is 15.0 Å². The van der Waals surface area contributed by atoms with Gasteiger partial charge in [-0.25, -0.2) is 14.8 Å². The molecule has 0 bridgehead atoms. The molecule has 0 radical (unpaired) electrons. The normalized spacial score (nSPS) is 10.4. The fourth-order valence-electron chi connectivity index (χ4n) is 1.74. The Morgan fingerprint density at radius 3 is 2.55 bits per heavy atom. The molecule has 0 saturated carbocycles. The molecule has 0 saturated heterocycles. The van der Waals surface area contributed by atoms with E-state index in [1.165, 1.54) is 12.4 Å². The smallest absolute Gasteiger partial charge is 0.338 e. The van der Waals surface area contributed by atoms with Crippen LogP contribution in [0.5, 0.6) is 11.8 Å². The Bertz CT molecular complexity index is 767. The monoisotopic (exact) mass is 267 g/mol. The number of ether oxygens (including phenoxy) is 1. The number of carbonyl (C=O) groups is 1. The molecule has 0 spiro atoms. The van der Waals surface area contributed by atoms with Gasteiger partial charge in [-0.2, -0.15) is 0 Å². The molecule has 3 aromatic rings. The number of aromatic nitrogens is 3. The third-order valence-corrected chi connectivity index (χ3v) is 2.67. The van der Waals surface area contributed by atoms with Crippen LogP contribution in [0.3, 0.4) is 0 Å². The third kappa shape index (κ3) is 2.26. The van der Waals surface area contributed by atoms with Gasteiger partial charge in [0.15, 0.2) is 5.75 Å². The Morgan fingerprint density at radius 2 is 1.80 bits per heavy atom. The van der Waals surface area contributed by atoms with Crippen LogP contribution in [0.2, 0.25) is 0 Å². The first kappa shape index (κ1) is 12.0. The summed E-state index contributed by atoms with van der Waals surface area (Å²) >= 11 is 0. The second kappa shape index (κ2) is 4.93. The van der Waals surface area contributed by atoms with Gasteiger partial charge in [0.1, 0.15) is 5.52 Å². The number of pyridine rings is 1. The zero-order chi connectivity index (χ0) is 13.9. The summed E-state index contributed by atoms with van der Waals surface area (Å²) in [6.07, 6.45) is 4.07. The second-order valence-electron chi connectivity index (χ2n) is 3.99. The molecule has 2 heterocycles. The third-order valence-electron chi connectivity index (χ3n) is 2.67. The first-order chi connectivity index (χ1) is 9.74. The lowest BCUT2D eigenvalue weighted by molar-refractivity contribution is 0.0696. The molecular weight excluding hydrogens is 258 g/mol. The molecular formula is C14H9N3O3. The molecule has 0 atom stereocenters. The number of nitrogens with zero attached hydrogens (tertiary/aromatic N) is 3. The number of hydrogen-bond donors (Lipinski definition) is 1. The van der Waals surface area contributed by atoms with Crippen LogP contribution in [0.25, 0.3) is 10.9 Å². The molecule has 0 aliphatic heterocycles. The van der Waals surface area contributed by atoms with Crippen molar-refractivity contribution in [3.63, 3.8) is 0 Å². The van der Waals surface area contributed by atoms with E-state index >= 15 is 0 Å². The maximum atomic E-state index is 10.7. The number of para-hydroxylation sites is 1. The molecule has 6 heteroatoms. The van der Waals surface area contributed by atoms with Crippen LogP contribution < -0.4 is 4.74 Å². The number of aromatic carboxylic acids is 1. The van der Waals surface area contributed by atoms with Crippen LogP contribution in [0.15, 0.2) is 48.9 Å². The number of carboxylic acid groups (broad SMARTS) is 1. The topological polar surface area (TPSA) is 85.2 Å². The maximum absolute atomic E-state index is 10.7. The first-order valence-electron chi connectivity index (χ1n) is 5.81. The lowest BCUT2D eigenvalue weighted by atomic mass is 10.2. The lowest BCUT2D eigenvalue weighted by Gasteiger charge is -2.06. The average molecular weight is 267 g/mol. The minimum absolute atomic E-state index is 0.00777. The molecule has 1 N–H and O–H groups in total. The van der Waals surface area contributed by atoms with Crippen molar-refractivity contribution in [1.29, 1.82) is 0 Å². The van der Waals surface area contributed by atoms with E-state index in [4.69, 9.17) is 9.84 Å². The Balaban J connectivity index is 1.95. The molecule has 3 rings (SSSR count). The van der Waals surface area contributed by atoms with Gasteiger partial charge in [-0.05, 0) is 12.1 Å². The van der Waals surface area contributed by atoms with E-state index in [0.717, 1.165) is 5.39 Å². The van der Waals surface area contributed by atoms with Crippen LogP contribution in [0.1, 0.15) is 10.4 Å². The summed E-state index contributed by atoms with van der Waals surface area (Å²) in [6, 6.07) is 9.35. The lowest BCUT2D eigenvalue weighted by Crippen LogP contribution is -2.00. The average Bonchev–Trinajstić information content (AvgIpc) is 2.48. The molecule has 20 heavy (non-hydrogen) atoms. The predicted molar refractivity (Wildman–Crippen MR) is 70.8 cm³/mol. The fraction of sp³-hybridized carbons (Fsp3) is 0. The first-order valence-corrected chi connectivity index (χ1v) is 5.81. The summed E-state index contributed by atoms with van der Waals surface area (Å²) in [5.74, 6) is -0.561. The summed E-state index contributed by atoms with van der Waals surface area (Å²) in [7, 11) is 0. The number of benzene rings is 1. The van der Waals surface area contributed by atoms with Gasteiger partial charge in [0.25, 0.3) is 0 Å². The Labute approximate surface area is 113 Å². The van der Waals surface area contributed by atoms with Crippen molar-refractivity contribution in [3.8, 4) is 11.8 Å². The minimum Gasteiger partial charge on any atom is -0.478 e. The fourth-order valence-corrected chi connectivity index (χ4v) is 1.74. The zero-order valence-electron chi connectivity index (χ0n) is 10.2. The summed E-state index contributed by atoms with van der Waals surface area (Å²) in [5, 5.41) is 9.71. The SMILES string of the molecule is O=C(O)c1cnc(Oc2cccc3cccnc23)nc1. The van der Waals surface area contributed by atoms with Crippen LogP contribution in [0, 0.1) is 0 Å². The number of carboxylic acids is 1. The van der Waals surface area contributed by atoms with Crippen LogP contribution in [-0.4, -0.2) is 26.0 Å². The van der Waals surface area contributed by atoms with Crippen LogP contribution in [-0.2, 0) is 0 Å². The molecule has 1 aromatic carbocycles. The molecule has 6 nitrogen and oxygen atoms in total. The van der Waals surface area contributed by atoms with E-state index in [1.54, 1.807) is 12.3 Å². The van der Waals surface area contributed by atoms with Gasteiger partial charge >= 0.3 is 12.0 Å². The largest absolute Gasteiger partial charge is 0.478 e. The van der Waals surface area contributed by atoms with Crippen molar-refractivity contribution in [2.75, 3.05) is 0 Å². The summed E-state index contributed by atoms with van der Waals surface area (Å²) < 4.78 is 5.55. The zero-order valence-corrected chi connectivity index (χ0v) is 10.2. The van der Waals surface area contributed by atoms with Gasteiger partial charge in [0.05, 0.1) is 5.56 Å². The quantitative estimate of drug-likeness (QED) is 0.784. The van der Waals surface area contributed by atoms with E-state index in [1.807, 2.05) is 24.3 Å². The van der Waals surface area contributed by atoms with Gasteiger partial charge in [-0.3, -0.25) is 4.98 Å². The number of fused-ring (bicyclic) bond motifs is 1. The summed E-state index contributed by atoms with van der Waals surface area (Å²) in [6.45, 7) is 0. The van der Waals surface area contributed by atoms with Crippen molar-refractivity contribution in [3.05, 3.63) is 54.5 Å². The van der Waals surface area contributed by atoms with Gasteiger partial charge in [-0.1, -0.05) is 18.2 Å². The van der Waals surface area contributed by atoms with Gasteiger partial charge in [-0.15, -0.1) is 0 Å². The second-order valence-corrected chi connectivity index (χ2v) is 3.99. The van der Waals surface area contributed by atoms with Crippen molar-refractivity contribution in [2.24, 2.45) is 0 Å². The maximum Gasteiger partial charge on any atom is 0.338 e. The van der Waals surface area contributed by atoms with E-state index in [-0.39, 0.29) is 11.6 Å². The number of rotatable bonds is 3. The van der Waals surface area contributed by atoms with Crippen molar-refractivity contribution < 1.29 is 14.6 Å². The van der Waals surface area contributed by atoms with E-state index in [0.29, 0.717) is 11.3 Å². The van der Waals surface area contributed by atoms with Gasteiger partial charge in [0, 0.05) is 24.0 Å². The van der Waals surface area contributed by atoms with E-state index in [9.17, 15) is 4.79 Å². The van der Waals surface area contributed by atoms with E-state index in [2.05, 4.69) is 15.0 Å². The summed E-state index contributed by atoms with van der Waals surface area (Å²) in [5.41, 5.74) is 0.703. The molecule has 0 fully saturated rings. The Kier molecular flexibility index (Phi) is 2.96. The molecule has 98 valence electrons. The van der Waals surface area contributed by atoms with Crippen LogP contribution in [0.4, 0.5) is 0 Å². The highest BCUT2D eigenvalue weighted by Crippen LogP contribution is 2.26. The molecule has 0 aliphatic rings. The van der Waals surface area contributed by atoms with Crippen molar-refractivity contribution >= 4 is 16.9 Å². The molecule has 0 amide bonds. The summed E-state index contributed by atoms with van der Waals surface area (Å²) in [4.78, 5) is 22.7. The highest BCUT2D eigenvalue weighted by molar-refractivity contribution is 5.86. The molecule has 0 unspecified atom stereocenters. The highest BCUT2D eigenvalue weighted by atomic mass is 16.5. The Hall–Kier alpha value is -3.02. The minimum atomic E-state index is -1.08. The van der Waals surface area contributed by atoms with Crippen molar-refractivity contribution in [2.45, 2.75) is 0 Å². The number of hydrogen-bond acceptors (Lipinski definition) is 5.